The van der Waals surface area contributed by atoms with E-state index in [0.29, 0.717) is 23.1 Å². The number of phenolic OH excluding ortho intramolecular Hbond substituents is 1. The first-order valence-corrected chi connectivity index (χ1v) is 8.11. The van der Waals surface area contributed by atoms with Crippen LogP contribution in [-0.2, 0) is 13.5 Å². The molecule has 0 aliphatic carbocycles. The van der Waals surface area contributed by atoms with Gasteiger partial charge in [-0.25, -0.2) is 0 Å². The van der Waals surface area contributed by atoms with Crippen LogP contribution in [0.5, 0.6) is 11.5 Å². The van der Waals surface area contributed by atoms with E-state index in [1.165, 1.54) is 13.0 Å². The molecule has 0 unspecified atom stereocenters. The first-order valence-electron chi connectivity index (χ1n) is 8.11. The number of rotatable bonds is 2. The Balaban J connectivity index is 2.07. The molecule has 2 atom stereocenters. The highest BCUT2D eigenvalue weighted by Crippen LogP contribution is 2.41. The van der Waals surface area contributed by atoms with Crippen molar-refractivity contribution < 1.29 is 20.1 Å². The maximum absolute atomic E-state index is 12.9. The first-order chi connectivity index (χ1) is 11.8. The van der Waals surface area contributed by atoms with Crippen LogP contribution >= 0.6 is 0 Å². The van der Waals surface area contributed by atoms with Crippen molar-refractivity contribution in [2.45, 2.75) is 25.0 Å². The van der Waals surface area contributed by atoms with Gasteiger partial charge in [-0.2, -0.15) is 0 Å². The van der Waals surface area contributed by atoms with Crippen molar-refractivity contribution in [2.24, 2.45) is 7.05 Å². The van der Waals surface area contributed by atoms with Crippen molar-refractivity contribution in [1.29, 1.82) is 0 Å². The van der Waals surface area contributed by atoms with Crippen LogP contribution in [0.25, 0.3) is 21.8 Å². The number of hydrogen-bond donors (Lipinski definition) is 3. The third-order valence-electron chi connectivity index (χ3n) is 5.09. The van der Waals surface area contributed by atoms with Gasteiger partial charge in [0.05, 0.1) is 23.0 Å². The summed E-state index contributed by atoms with van der Waals surface area (Å²) in [4.78, 5) is 12.9. The summed E-state index contributed by atoms with van der Waals surface area (Å²) in [5, 5.41) is 31.0. The minimum absolute atomic E-state index is 0.149. The van der Waals surface area contributed by atoms with Crippen LogP contribution in [0.3, 0.4) is 0 Å². The number of fused-ring (bicyclic) bond motifs is 4. The lowest BCUT2D eigenvalue weighted by Crippen LogP contribution is -2.45. The van der Waals surface area contributed by atoms with E-state index in [0.717, 1.165) is 11.1 Å². The number of aliphatic hydroxyl groups excluding tert-OH is 1. The Hall–Kier alpha value is -2.57. The average molecular weight is 341 g/mol. The molecular formula is C19H19NO5. The Labute approximate surface area is 143 Å². The number of aromatic nitrogens is 1. The SMILES string of the molecule is Cn1c2ccccc2c(=O)c2c(O)cc3c(c21)C[C@@H]([C@](C)(O)CO)O3. The maximum atomic E-state index is 12.9. The number of hydrogen-bond acceptors (Lipinski definition) is 5. The van der Waals surface area contributed by atoms with Crippen LogP contribution < -0.4 is 10.2 Å². The predicted octanol–water partition coefficient (Wildman–Crippen LogP) is 1.44. The fourth-order valence-corrected chi connectivity index (χ4v) is 3.61. The van der Waals surface area contributed by atoms with Gasteiger partial charge in [0, 0.05) is 30.5 Å². The van der Waals surface area contributed by atoms with E-state index in [1.54, 1.807) is 12.1 Å². The lowest BCUT2D eigenvalue weighted by molar-refractivity contribution is -0.0729. The van der Waals surface area contributed by atoms with E-state index in [4.69, 9.17) is 4.74 Å². The van der Waals surface area contributed by atoms with E-state index in [2.05, 4.69) is 0 Å². The molecule has 2 heterocycles. The summed E-state index contributed by atoms with van der Waals surface area (Å²) in [6.45, 7) is 1.05. The Kier molecular flexibility index (Phi) is 3.32. The maximum Gasteiger partial charge on any atom is 0.200 e. The number of pyridine rings is 1. The topological polar surface area (TPSA) is 91.9 Å². The molecule has 0 fully saturated rings. The van der Waals surface area contributed by atoms with Gasteiger partial charge in [-0.05, 0) is 19.1 Å². The van der Waals surface area contributed by atoms with Crippen molar-refractivity contribution >= 4 is 21.8 Å². The van der Waals surface area contributed by atoms with Gasteiger partial charge in [0.1, 0.15) is 23.2 Å². The van der Waals surface area contributed by atoms with E-state index in [1.807, 2.05) is 23.7 Å². The van der Waals surface area contributed by atoms with Gasteiger partial charge >= 0.3 is 0 Å². The summed E-state index contributed by atoms with van der Waals surface area (Å²) >= 11 is 0. The van der Waals surface area contributed by atoms with E-state index >= 15 is 0 Å². The molecule has 0 radical (unpaired) electrons. The van der Waals surface area contributed by atoms with Gasteiger partial charge in [0.2, 0.25) is 5.43 Å². The van der Waals surface area contributed by atoms with Gasteiger partial charge in [-0.1, -0.05) is 12.1 Å². The molecule has 1 aliphatic heterocycles. The van der Waals surface area contributed by atoms with E-state index in [9.17, 15) is 20.1 Å². The fourth-order valence-electron chi connectivity index (χ4n) is 3.61. The van der Waals surface area contributed by atoms with E-state index in [-0.39, 0.29) is 16.6 Å². The second kappa shape index (κ2) is 5.21. The Morgan fingerprint density at radius 1 is 1.36 bits per heavy atom. The molecule has 0 bridgehead atoms. The van der Waals surface area contributed by atoms with Crippen molar-refractivity contribution in [3.05, 3.63) is 46.1 Å². The zero-order valence-electron chi connectivity index (χ0n) is 14.0. The lowest BCUT2D eigenvalue weighted by Gasteiger charge is -2.26. The number of aromatic hydroxyl groups is 1. The van der Waals surface area contributed by atoms with Gasteiger partial charge in [0.25, 0.3) is 0 Å². The first kappa shape index (κ1) is 15.9. The summed E-state index contributed by atoms with van der Waals surface area (Å²) < 4.78 is 7.64. The normalized spacial score (nSPS) is 19.0. The minimum Gasteiger partial charge on any atom is -0.507 e. The Morgan fingerprint density at radius 2 is 2.08 bits per heavy atom. The highest BCUT2D eigenvalue weighted by Gasteiger charge is 2.40. The summed E-state index contributed by atoms with van der Waals surface area (Å²) in [6.07, 6.45) is -0.315. The number of para-hydroxylation sites is 1. The molecule has 1 aliphatic rings. The molecule has 0 saturated heterocycles. The highest BCUT2D eigenvalue weighted by atomic mass is 16.5. The number of benzene rings is 2. The highest BCUT2D eigenvalue weighted by molar-refractivity contribution is 5.99. The summed E-state index contributed by atoms with van der Waals surface area (Å²) in [5.41, 5.74) is 0.440. The molecule has 6 nitrogen and oxygen atoms in total. The predicted molar refractivity (Wildman–Crippen MR) is 94.2 cm³/mol. The van der Waals surface area contributed by atoms with Crippen LogP contribution in [0.15, 0.2) is 35.1 Å². The van der Waals surface area contributed by atoms with Crippen LogP contribution in [0.1, 0.15) is 12.5 Å². The molecule has 0 spiro atoms. The minimum atomic E-state index is -1.42. The van der Waals surface area contributed by atoms with Crippen molar-refractivity contribution in [1.82, 2.24) is 4.57 Å². The van der Waals surface area contributed by atoms with E-state index < -0.39 is 18.3 Å². The van der Waals surface area contributed by atoms with Crippen molar-refractivity contribution in [2.75, 3.05) is 6.61 Å². The molecule has 4 rings (SSSR count). The van der Waals surface area contributed by atoms with Gasteiger partial charge < -0.3 is 24.6 Å². The molecule has 25 heavy (non-hydrogen) atoms. The fraction of sp³-hybridized carbons (Fsp3) is 0.316. The molecule has 2 aromatic carbocycles. The number of aryl methyl sites for hydroxylation is 1. The molecule has 1 aromatic heterocycles. The summed E-state index contributed by atoms with van der Waals surface area (Å²) in [5.74, 6) is 0.276. The number of ether oxygens (including phenoxy) is 1. The third kappa shape index (κ3) is 2.14. The smallest absolute Gasteiger partial charge is 0.200 e. The Morgan fingerprint density at radius 3 is 2.80 bits per heavy atom. The second-order valence-electron chi connectivity index (χ2n) is 6.83. The van der Waals surface area contributed by atoms with Gasteiger partial charge in [0.15, 0.2) is 0 Å². The van der Waals surface area contributed by atoms with Crippen molar-refractivity contribution in [3.63, 3.8) is 0 Å². The molecule has 3 aromatic rings. The quantitative estimate of drug-likeness (QED) is 0.614. The largest absolute Gasteiger partial charge is 0.507 e. The van der Waals surface area contributed by atoms with Crippen LogP contribution in [-0.4, -0.2) is 38.2 Å². The standard InChI is InChI=1S/C19H19NO5/c1-19(24,9-21)15-7-11-14(25-15)8-13(22)16-17(11)20(2)12-6-4-3-5-10(12)18(16)23/h3-6,8,15,21-22,24H,7,9H2,1-2H3/t15-,19+/m0/s1. The number of aliphatic hydroxyl groups is 2. The van der Waals surface area contributed by atoms with Crippen LogP contribution in [0, 0.1) is 0 Å². The monoisotopic (exact) mass is 341 g/mol. The summed E-state index contributed by atoms with van der Waals surface area (Å²) in [6, 6.07) is 8.65. The molecular weight excluding hydrogens is 322 g/mol. The second-order valence-corrected chi connectivity index (χ2v) is 6.83. The third-order valence-corrected chi connectivity index (χ3v) is 5.09. The van der Waals surface area contributed by atoms with Gasteiger partial charge in [-0.15, -0.1) is 0 Å². The molecule has 0 amide bonds. The van der Waals surface area contributed by atoms with Crippen LogP contribution in [0.2, 0.25) is 0 Å². The molecule has 0 saturated carbocycles. The molecule has 130 valence electrons. The van der Waals surface area contributed by atoms with Crippen LogP contribution in [0.4, 0.5) is 0 Å². The Bertz CT molecular complexity index is 1070. The average Bonchev–Trinajstić information content (AvgIpc) is 3.03. The molecule has 6 heteroatoms. The zero-order valence-corrected chi connectivity index (χ0v) is 14.0. The van der Waals surface area contributed by atoms with Crippen molar-refractivity contribution in [3.8, 4) is 11.5 Å². The zero-order chi connectivity index (χ0) is 17.9. The summed E-state index contributed by atoms with van der Waals surface area (Å²) in [7, 11) is 1.83. The van der Waals surface area contributed by atoms with Gasteiger partial charge in [-0.3, -0.25) is 4.79 Å². The number of nitrogens with zero attached hydrogens (tertiary/aromatic N) is 1. The lowest BCUT2D eigenvalue weighted by atomic mass is 9.94. The molecule has 3 N–H and O–H groups in total. The number of phenols is 1.